The van der Waals surface area contributed by atoms with Crippen molar-refractivity contribution >= 4 is 80.7 Å². The lowest BCUT2D eigenvalue weighted by Gasteiger charge is -2.10. The predicted molar refractivity (Wildman–Crippen MR) is 361 cm³/mol. The highest BCUT2D eigenvalue weighted by atomic mass is 32.1. The number of hydrogen-bond acceptors (Lipinski definition) is 7. The predicted octanol–water partition coefficient (Wildman–Crippen LogP) is 20.0. The number of aromatic nitrogens is 8. The average Bonchev–Trinajstić information content (AvgIpc) is 1.84. The van der Waals surface area contributed by atoms with Gasteiger partial charge in [0, 0.05) is 86.5 Å². The third-order valence-electron chi connectivity index (χ3n) is 16.4. The van der Waals surface area contributed by atoms with E-state index in [1.165, 1.54) is 20.2 Å². The highest BCUT2D eigenvalue weighted by molar-refractivity contribution is 7.25. The number of allylic oxidation sites excluding steroid dienone is 4. The lowest BCUT2D eigenvalue weighted by atomic mass is 9.97. The summed E-state index contributed by atoms with van der Waals surface area (Å²) in [7, 11) is 0. The molecule has 0 radical (unpaired) electrons. The normalized spacial score (nSPS) is 11.8. The summed E-state index contributed by atoms with van der Waals surface area (Å²) in [5.74, 6) is 3.53. The van der Waals surface area contributed by atoms with E-state index in [0.29, 0.717) is 34.9 Å². The number of para-hydroxylation sites is 2. The Morgan fingerprint density at radius 3 is 1.11 bits per heavy atom. The van der Waals surface area contributed by atoms with Gasteiger partial charge in [-0.1, -0.05) is 207 Å². The first-order chi connectivity index (χ1) is 43.0. The summed E-state index contributed by atoms with van der Waals surface area (Å²) in [6, 6.07) is 92.0. The molecule has 0 spiro atoms. The van der Waals surface area contributed by atoms with E-state index >= 15 is 0 Å². The van der Waals surface area contributed by atoms with Crippen LogP contribution in [0.2, 0.25) is 0 Å². The van der Waals surface area contributed by atoms with Crippen molar-refractivity contribution in [1.82, 2.24) is 39.0 Å². The smallest absolute Gasteiger partial charge is 0.164 e. The fourth-order valence-corrected chi connectivity index (χ4v) is 13.4. The molecule has 8 nitrogen and oxygen atoms in total. The van der Waals surface area contributed by atoms with Crippen LogP contribution >= 0.6 is 11.3 Å². The van der Waals surface area contributed by atoms with Crippen molar-refractivity contribution < 1.29 is 0 Å². The summed E-state index contributed by atoms with van der Waals surface area (Å²) >= 11 is 1.83. The highest BCUT2D eigenvalue weighted by Crippen LogP contribution is 2.45. The van der Waals surface area contributed by atoms with Crippen molar-refractivity contribution in [2.45, 2.75) is 0 Å². The molecule has 0 atom stereocenters. The standard InChI is InChI=1S/C78H50N8S/c1-3-22-49(4-2)73-79-74(50-23-10-5-11-24-50)82-77(81-73)59-33-20-35-67-71(59)63-47-53(37-41-65(63)85(67)57-29-16-8-17-30-57)55-39-43-69-61(45-55)62-46-56(40-44-70(62)87-69)54-38-42-66-64(48-54)72-60(34-21-36-68(72)86(66)58-31-18-9-19-32-58)78-83-75(51-25-12-6-13-26-51)80-76(84-78)52-27-14-7-15-28-52/h3-48H,1-2H2/b49-22+. The summed E-state index contributed by atoms with van der Waals surface area (Å²) in [6.45, 7) is 8.08. The maximum atomic E-state index is 5.25. The number of fused-ring (bicyclic) bond motifs is 9. The summed E-state index contributed by atoms with van der Waals surface area (Å²) in [5.41, 5.74) is 16.2. The molecule has 9 heteroatoms. The maximum absolute atomic E-state index is 5.25. The van der Waals surface area contributed by atoms with Crippen LogP contribution in [-0.2, 0) is 0 Å². The quantitative estimate of drug-likeness (QED) is 0.113. The van der Waals surface area contributed by atoms with Crippen LogP contribution in [0.1, 0.15) is 5.82 Å². The minimum Gasteiger partial charge on any atom is -0.309 e. The van der Waals surface area contributed by atoms with Gasteiger partial charge in [0.15, 0.2) is 34.9 Å². The first-order valence-corrected chi connectivity index (χ1v) is 29.7. The molecule has 5 heterocycles. The van der Waals surface area contributed by atoms with Gasteiger partial charge >= 0.3 is 0 Å². The fourth-order valence-electron chi connectivity index (χ4n) is 12.4. The van der Waals surface area contributed by atoms with Gasteiger partial charge in [-0.25, -0.2) is 29.9 Å². The number of hydrogen-bond donors (Lipinski definition) is 0. The Morgan fingerprint density at radius 2 is 0.690 bits per heavy atom. The molecule has 0 saturated heterocycles. The van der Waals surface area contributed by atoms with Crippen LogP contribution in [0.4, 0.5) is 0 Å². The van der Waals surface area contributed by atoms with E-state index < -0.39 is 0 Å². The molecule has 5 aromatic heterocycles. The Labute approximate surface area is 505 Å². The third kappa shape index (κ3) is 8.92. The van der Waals surface area contributed by atoms with Crippen molar-refractivity contribution in [2.24, 2.45) is 0 Å². The lowest BCUT2D eigenvalue weighted by molar-refractivity contribution is 1.04. The Bertz CT molecular complexity index is 5360. The number of thiophene rings is 1. The van der Waals surface area contributed by atoms with E-state index in [2.05, 4.69) is 216 Å². The van der Waals surface area contributed by atoms with Gasteiger partial charge in [-0.15, -0.1) is 11.3 Å². The first-order valence-electron chi connectivity index (χ1n) is 28.9. The Morgan fingerprint density at radius 1 is 0.322 bits per heavy atom. The Kier molecular flexibility index (Phi) is 12.5. The van der Waals surface area contributed by atoms with Gasteiger partial charge in [0.25, 0.3) is 0 Å². The molecule has 0 aliphatic carbocycles. The van der Waals surface area contributed by atoms with Crippen LogP contribution in [-0.4, -0.2) is 39.0 Å². The zero-order valence-electron chi connectivity index (χ0n) is 47.0. The van der Waals surface area contributed by atoms with E-state index in [1.54, 1.807) is 12.2 Å². The van der Waals surface area contributed by atoms with E-state index in [9.17, 15) is 0 Å². The number of rotatable bonds is 12. The molecule has 0 fully saturated rings. The molecule has 0 N–H and O–H groups in total. The number of benzene rings is 11. The summed E-state index contributed by atoms with van der Waals surface area (Å²) in [6.07, 6.45) is 5.38. The van der Waals surface area contributed by atoms with Crippen LogP contribution in [0.5, 0.6) is 0 Å². The molecule has 0 bridgehead atoms. The van der Waals surface area contributed by atoms with Crippen molar-refractivity contribution in [1.29, 1.82) is 0 Å². The highest BCUT2D eigenvalue weighted by Gasteiger charge is 2.23. The molecule has 0 amide bonds. The van der Waals surface area contributed by atoms with Gasteiger partial charge in [0.1, 0.15) is 0 Å². The zero-order valence-corrected chi connectivity index (χ0v) is 47.8. The summed E-state index contributed by atoms with van der Waals surface area (Å²) in [5, 5.41) is 6.73. The molecular weight excluding hydrogens is 1080 g/mol. The van der Waals surface area contributed by atoms with E-state index in [0.717, 1.165) is 111 Å². The molecular formula is C78H50N8S. The Balaban J connectivity index is 0.852. The summed E-state index contributed by atoms with van der Waals surface area (Å²) in [4.78, 5) is 30.9. The minimum absolute atomic E-state index is 0.523. The molecule has 11 aromatic carbocycles. The minimum atomic E-state index is 0.523. The topological polar surface area (TPSA) is 87.2 Å². The van der Waals surface area contributed by atoms with E-state index in [-0.39, 0.29) is 0 Å². The Hall–Kier alpha value is -11.5. The van der Waals surface area contributed by atoms with Crippen molar-refractivity contribution in [2.75, 3.05) is 0 Å². The molecule has 16 rings (SSSR count). The lowest BCUT2D eigenvalue weighted by Crippen LogP contribution is -2.02. The largest absolute Gasteiger partial charge is 0.309 e. The molecule has 0 saturated carbocycles. The maximum Gasteiger partial charge on any atom is 0.164 e. The van der Waals surface area contributed by atoms with Gasteiger partial charge in [0.05, 0.1) is 22.1 Å². The number of nitrogens with zero attached hydrogens (tertiary/aromatic N) is 8. The van der Waals surface area contributed by atoms with E-state index in [4.69, 9.17) is 29.9 Å². The van der Waals surface area contributed by atoms with Crippen LogP contribution in [0.15, 0.2) is 292 Å². The van der Waals surface area contributed by atoms with Crippen molar-refractivity contribution in [3.8, 4) is 90.6 Å². The second-order valence-corrected chi connectivity index (χ2v) is 22.6. The first kappa shape index (κ1) is 51.1. The molecule has 16 aromatic rings. The molecule has 87 heavy (non-hydrogen) atoms. The van der Waals surface area contributed by atoms with E-state index in [1.807, 2.05) is 84.1 Å². The van der Waals surface area contributed by atoms with Gasteiger partial charge in [0.2, 0.25) is 0 Å². The van der Waals surface area contributed by atoms with Crippen LogP contribution in [0, 0.1) is 0 Å². The van der Waals surface area contributed by atoms with Crippen LogP contribution < -0.4 is 0 Å². The second-order valence-electron chi connectivity index (χ2n) is 21.5. The van der Waals surface area contributed by atoms with Crippen molar-refractivity contribution in [3.63, 3.8) is 0 Å². The monoisotopic (exact) mass is 1130 g/mol. The third-order valence-corrected chi connectivity index (χ3v) is 17.5. The van der Waals surface area contributed by atoms with Gasteiger partial charge in [-0.05, 0) is 107 Å². The molecule has 408 valence electrons. The van der Waals surface area contributed by atoms with Crippen LogP contribution in [0.25, 0.3) is 160 Å². The molecule has 0 unspecified atom stereocenters. The average molecular weight is 1130 g/mol. The fraction of sp³-hybridized carbons (Fsp3) is 0. The molecule has 0 aliphatic heterocycles. The van der Waals surface area contributed by atoms with Crippen molar-refractivity contribution in [3.05, 3.63) is 298 Å². The molecule has 0 aliphatic rings. The summed E-state index contributed by atoms with van der Waals surface area (Å²) < 4.78 is 7.16. The van der Waals surface area contributed by atoms with Gasteiger partial charge in [-0.3, -0.25) is 0 Å². The van der Waals surface area contributed by atoms with Gasteiger partial charge in [-0.2, -0.15) is 0 Å². The SMILES string of the molecule is C=C/C=C(\C=C)c1nc(-c2ccccc2)nc(-c2cccc3c2c2cc(-c4ccc5sc6ccc(-c7ccc8c(c7)c7c(-c9nc(-c%10ccccc%10)nc(-c%10ccccc%10)n9)cccc7n8-c7ccccc7)cc6c5c4)ccc2n3-c2ccccc2)n1. The zero-order chi connectivity index (χ0) is 58.0. The van der Waals surface area contributed by atoms with Crippen LogP contribution in [0.3, 0.4) is 0 Å². The second kappa shape index (κ2) is 21.3. The van der Waals surface area contributed by atoms with Gasteiger partial charge < -0.3 is 9.13 Å².